The molecule has 0 bridgehead atoms. The number of hydrogen-bond donors (Lipinski definition) is 3. The zero-order valence-electron chi connectivity index (χ0n) is 16.7. The largest absolute Gasteiger partial charge is 0.480 e. The summed E-state index contributed by atoms with van der Waals surface area (Å²) >= 11 is 1.52. The fourth-order valence-electron chi connectivity index (χ4n) is 3.10. The van der Waals surface area contributed by atoms with Crippen LogP contribution in [0.15, 0.2) is 11.7 Å². The zero-order chi connectivity index (χ0) is 20.8. The molecule has 0 radical (unpaired) electrons. The molecule has 0 saturated carbocycles. The van der Waals surface area contributed by atoms with Crippen molar-refractivity contribution in [1.29, 1.82) is 0 Å². The van der Waals surface area contributed by atoms with Crippen LogP contribution in [-0.2, 0) is 20.9 Å². The molecule has 1 saturated heterocycles. The summed E-state index contributed by atoms with van der Waals surface area (Å²) in [5, 5.41) is 15.3. The van der Waals surface area contributed by atoms with Gasteiger partial charge in [0.15, 0.2) is 0 Å². The van der Waals surface area contributed by atoms with E-state index < -0.39 is 24.1 Å². The minimum Gasteiger partial charge on any atom is -0.480 e. The highest BCUT2D eigenvalue weighted by Gasteiger charge is 2.39. The Morgan fingerprint density at radius 1 is 1.32 bits per heavy atom. The van der Waals surface area contributed by atoms with Gasteiger partial charge in [0.05, 0.1) is 11.6 Å². The molecule has 1 aliphatic rings. The molecule has 3 N–H and O–H groups in total. The Morgan fingerprint density at radius 2 is 2.04 bits per heavy atom. The smallest absolute Gasteiger partial charge is 0.327 e. The van der Waals surface area contributed by atoms with E-state index in [-0.39, 0.29) is 24.3 Å². The van der Waals surface area contributed by atoms with Crippen molar-refractivity contribution in [2.75, 3.05) is 26.7 Å². The van der Waals surface area contributed by atoms with Crippen molar-refractivity contribution in [2.45, 2.75) is 45.4 Å². The summed E-state index contributed by atoms with van der Waals surface area (Å²) < 4.78 is 0. The summed E-state index contributed by atoms with van der Waals surface area (Å²) in [6, 6.07) is -2.16. The van der Waals surface area contributed by atoms with E-state index in [9.17, 15) is 19.5 Å². The van der Waals surface area contributed by atoms with Crippen LogP contribution in [0.4, 0.5) is 0 Å². The van der Waals surface area contributed by atoms with Gasteiger partial charge in [-0.15, -0.1) is 11.3 Å². The topological polar surface area (TPSA) is 115 Å². The molecule has 1 aromatic heterocycles. The third kappa shape index (κ3) is 5.49. The highest BCUT2D eigenvalue weighted by Crippen LogP contribution is 2.18. The highest BCUT2D eigenvalue weighted by atomic mass is 32.1. The van der Waals surface area contributed by atoms with Crippen molar-refractivity contribution < 1.29 is 19.5 Å². The van der Waals surface area contributed by atoms with Gasteiger partial charge in [0.2, 0.25) is 11.8 Å². The molecule has 28 heavy (non-hydrogen) atoms. The average molecular weight is 412 g/mol. The summed E-state index contributed by atoms with van der Waals surface area (Å²) in [6.07, 6.45) is 1.77. The lowest BCUT2D eigenvalue weighted by atomic mass is 10.00. The number of piperazine rings is 1. The second-order valence-electron chi connectivity index (χ2n) is 7.33. The van der Waals surface area contributed by atoms with Gasteiger partial charge in [0, 0.05) is 37.3 Å². The summed E-state index contributed by atoms with van der Waals surface area (Å²) in [5.74, 6) is -1.84. The number of thiazole rings is 1. The Bertz CT molecular complexity index is 682. The van der Waals surface area contributed by atoms with Gasteiger partial charge < -0.3 is 20.6 Å². The molecule has 9 nitrogen and oxygen atoms in total. The number of carboxylic acids is 1. The number of carbonyl (C=O) groups excluding carboxylic acids is 2. The first-order valence-corrected chi connectivity index (χ1v) is 10.2. The quantitative estimate of drug-likeness (QED) is 0.551. The lowest BCUT2D eigenvalue weighted by Crippen LogP contribution is -2.63. The number of hydrogen-bond acceptors (Lipinski definition) is 7. The van der Waals surface area contributed by atoms with Gasteiger partial charge in [0.25, 0.3) is 0 Å². The Balaban J connectivity index is 2.10. The lowest BCUT2D eigenvalue weighted by Gasteiger charge is -2.41. The second kappa shape index (κ2) is 9.94. The lowest BCUT2D eigenvalue weighted by molar-refractivity contribution is -0.155. The number of likely N-dealkylation sites (N-methyl/N-ethyl adjacent to an activating group) is 1. The first-order valence-electron chi connectivity index (χ1n) is 9.35. The zero-order valence-corrected chi connectivity index (χ0v) is 17.5. The maximum atomic E-state index is 13.1. The molecule has 1 aromatic rings. The molecular formula is C18H29N5O4S. The fraction of sp³-hybridized carbons (Fsp3) is 0.667. The van der Waals surface area contributed by atoms with Crippen LogP contribution in [-0.4, -0.2) is 82.5 Å². The van der Waals surface area contributed by atoms with Crippen LogP contribution in [0, 0.1) is 5.92 Å². The van der Waals surface area contributed by atoms with Gasteiger partial charge in [-0.1, -0.05) is 13.8 Å². The highest BCUT2D eigenvalue weighted by molar-refractivity contribution is 7.09. The molecule has 10 heteroatoms. The number of carbonyl (C=O) groups is 3. The van der Waals surface area contributed by atoms with Crippen LogP contribution < -0.4 is 10.6 Å². The third-order valence-corrected chi connectivity index (χ3v) is 5.72. The summed E-state index contributed by atoms with van der Waals surface area (Å²) in [5.41, 5.74) is 1.74. The minimum absolute atomic E-state index is 0.162. The number of rotatable bonds is 8. The molecule has 0 aromatic carbocycles. The van der Waals surface area contributed by atoms with Gasteiger partial charge >= 0.3 is 5.97 Å². The average Bonchev–Trinajstić information content (AvgIpc) is 3.17. The van der Waals surface area contributed by atoms with Gasteiger partial charge in [-0.2, -0.15) is 0 Å². The van der Waals surface area contributed by atoms with Crippen LogP contribution >= 0.6 is 11.3 Å². The molecule has 2 amide bonds. The van der Waals surface area contributed by atoms with E-state index in [2.05, 4.69) is 15.6 Å². The molecule has 1 fully saturated rings. The molecule has 1 aliphatic heterocycles. The molecule has 3 atom stereocenters. The van der Waals surface area contributed by atoms with E-state index >= 15 is 0 Å². The monoisotopic (exact) mass is 411 g/mol. The summed E-state index contributed by atoms with van der Waals surface area (Å²) in [6.45, 7) is 7.10. The Morgan fingerprint density at radius 3 is 2.57 bits per heavy atom. The Hall–Kier alpha value is -2.04. The van der Waals surface area contributed by atoms with Crippen LogP contribution in [0.2, 0.25) is 0 Å². The first kappa shape index (κ1) is 22.3. The SMILES string of the molecule is CNC(C)C(=O)NC(C(=O)N1CCN(Cc2cncs2)CC1C(=O)O)C(C)C. The number of amides is 2. The van der Waals surface area contributed by atoms with Gasteiger partial charge in [0.1, 0.15) is 12.1 Å². The van der Waals surface area contributed by atoms with E-state index in [1.807, 2.05) is 18.7 Å². The van der Waals surface area contributed by atoms with Crippen LogP contribution in [0.25, 0.3) is 0 Å². The number of aliphatic carboxylic acids is 1. The van der Waals surface area contributed by atoms with Crippen molar-refractivity contribution >= 4 is 29.1 Å². The fourth-order valence-corrected chi connectivity index (χ4v) is 3.74. The van der Waals surface area contributed by atoms with Crippen molar-refractivity contribution in [3.05, 3.63) is 16.6 Å². The van der Waals surface area contributed by atoms with E-state index in [0.717, 1.165) is 4.88 Å². The van der Waals surface area contributed by atoms with Gasteiger partial charge in [-0.3, -0.25) is 19.5 Å². The molecular weight excluding hydrogens is 382 g/mol. The van der Waals surface area contributed by atoms with Crippen LogP contribution in [0.5, 0.6) is 0 Å². The van der Waals surface area contributed by atoms with E-state index in [4.69, 9.17) is 0 Å². The molecule has 0 aliphatic carbocycles. The summed E-state index contributed by atoms with van der Waals surface area (Å²) in [7, 11) is 1.67. The predicted octanol–water partition coefficient (Wildman–Crippen LogP) is -0.0108. The number of nitrogens with zero attached hydrogens (tertiary/aromatic N) is 3. The summed E-state index contributed by atoms with van der Waals surface area (Å²) in [4.78, 5) is 45.7. The van der Waals surface area contributed by atoms with E-state index in [1.165, 1.54) is 16.2 Å². The van der Waals surface area contributed by atoms with Crippen molar-refractivity contribution in [1.82, 2.24) is 25.4 Å². The first-order chi connectivity index (χ1) is 13.2. The van der Waals surface area contributed by atoms with E-state index in [0.29, 0.717) is 19.6 Å². The molecule has 3 unspecified atom stereocenters. The van der Waals surface area contributed by atoms with Crippen molar-refractivity contribution in [2.24, 2.45) is 5.92 Å². The standard InChI is InChI=1S/C18H29N5O4S/c1-11(2)15(21-16(24)12(3)19-4)17(25)23-6-5-22(9-14(23)18(26)27)8-13-7-20-10-28-13/h7,10-12,14-15,19H,5-6,8-9H2,1-4H3,(H,21,24)(H,26,27). The number of aromatic nitrogens is 1. The number of carboxylic acid groups (broad SMARTS) is 1. The molecule has 156 valence electrons. The maximum absolute atomic E-state index is 13.1. The second-order valence-corrected chi connectivity index (χ2v) is 8.30. The number of nitrogens with one attached hydrogen (secondary N) is 2. The van der Waals surface area contributed by atoms with Crippen molar-refractivity contribution in [3.8, 4) is 0 Å². The Labute approximate surface area is 169 Å². The predicted molar refractivity (Wildman–Crippen MR) is 106 cm³/mol. The maximum Gasteiger partial charge on any atom is 0.327 e. The molecule has 2 heterocycles. The van der Waals surface area contributed by atoms with Crippen molar-refractivity contribution in [3.63, 3.8) is 0 Å². The molecule has 0 spiro atoms. The third-order valence-electron chi connectivity index (χ3n) is 4.95. The molecule has 2 rings (SSSR count). The van der Waals surface area contributed by atoms with Crippen LogP contribution in [0.1, 0.15) is 25.6 Å². The van der Waals surface area contributed by atoms with Gasteiger partial charge in [-0.25, -0.2) is 4.79 Å². The van der Waals surface area contributed by atoms with Crippen LogP contribution in [0.3, 0.4) is 0 Å². The minimum atomic E-state index is -1.04. The normalized spacial score (nSPS) is 20.0. The Kier molecular flexibility index (Phi) is 7.90. The van der Waals surface area contributed by atoms with Gasteiger partial charge in [-0.05, 0) is 19.9 Å². The van der Waals surface area contributed by atoms with E-state index in [1.54, 1.807) is 25.7 Å².